The van der Waals surface area contributed by atoms with Crippen LogP contribution in [0.5, 0.6) is 0 Å². The van der Waals surface area contributed by atoms with Gasteiger partial charge in [-0.25, -0.2) is 18.2 Å². The molecule has 2 N–H and O–H groups in total. The maximum Gasteiger partial charge on any atom is 0.319 e. The van der Waals surface area contributed by atoms with E-state index in [0.29, 0.717) is 38.4 Å². The Bertz CT molecular complexity index is 1220. The monoisotopic (exact) mass is 456 g/mol. The zero-order valence-corrected chi connectivity index (χ0v) is 19.1. The topological polar surface area (TPSA) is 99.1 Å². The Kier molecular flexibility index (Phi) is 6.33. The van der Waals surface area contributed by atoms with Crippen molar-refractivity contribution in [3.05, 3.63) is 48.8 Å². The van der Waals surface area contributed by atoms with Crippen LogP contribution >= 0.6 is 0 Å². The van der Waals surface area contributed by atoms with Gasteiger partial charge in [-0.2, -0.15) is 4.31 Å². The summed E-state index contributed by atoms with van der Waals surface area (Å²) < 4.78 is 27.8. The lowest BCUT2D eigenvalue weighted by Crippen LogP contribution is -2.49. The lowest BCUT2D eigenvalue weighted by Gasteiger charge is -2.35. The molecule has 0 bridgehead atoms. The molecule has 32 heavy (non-hydrogen) atoms. The second-order valence-electron chi connectivity index (χ2n) is 7.61. The van der Waals surface area contributed by atoms with E-state index >= 15 is 0 Å². The smallest absolute Gasteiger partial charge is 0.319 e. The summed E-state index contributed by atoms with van der Waals surface area (Å²) in [6, 6.07) is 11.4. The van der Waals surface area contributed by atoms with E-state index in [4.69, 9.17) is 0 Å². The molecule has 170 valence electrons. The number of hydrogen-bond donors (Lipinski definition) is 2. The van der Waals surface area contributed by atoms with Gasteiger partial charge in [-0.3, -0.25) is 4.40 Å². The first-order chi connectivity index (χ1) is 15.4. The average Bonchev–Trinajstić information content (AvgIpc) is 3.23. The highest BCUT2D eigenvalue weighted by molar-refractivity contribution is 7.89. The number of carbonyl (C=O) groups is 1. The Balaban J connectivity index is 1.52. The first kappa shape index (κ1) is 22.1. The first-order valence-electron chi connectivity index (χ1n) is 10.8. The lowest BCUT2D eigenvalue weighted by molar-refractivity contribution is 0.252. The number of sulfonamides is 1. The number of urea groups is 1. The molecular formula is C22H28N6O3S. The van der Waals surface area contributed by atoms with Crippen LogP contribution in [-0.2, 0) is 10.0 Å². The van der Waals surface area contributed by atoms with Gasteiger partial charge >= 0.3 is 6.03 Å². The Morgan fingerprint density at radius 2 is 1.88 bits per heavy atom. The van der Waals surface area contributed by atoms with Crippen molar-refractivity contribution in [1.82, 2.24) is 19.0 Å². The fourth-order valence-electron chi connectivity index (χ4n) is 3.88. The van der Waals surface area contributed by atoms with Crippen molar-refractivity contribution >= 4 is 33.1 Å². The van der Waals surface area contributed by atoms with Crippen molar-refractivity contribution in [2.75, 3.05) is 48.7 Å². The van der Waals surface area contributed by atoms with Gasteiger partial charge in [0, 0.05) is 61.9 Å². The summed E-state index contributed by atoms with van der Waals surface area (Å²) in [5.41, 5.74) is 4.40. The fraction of sp³-hybridized carbons (Fsp3) is 0.364. The van der Waals surface area contributed by atoms with Crippen LogP contribution in [0.2, 0.25) is 0 Å². The van der Waals surface area contributed by atoms with Crippen molar-refractivity contribution in [1.29, 1.82) is 0 Å². The molecule has 4 rings (SSSR count). The summed E-state index contributed by atoms with van der Waals surface area (Å²) in [6.07, 6.45) is 3.79. The van der Waals surface area contributed by atoms with Gasteiger partial charge in [-0.05, 0) is 32.0 Å². The van der Waals surface area contributed by atoms with Crippen LogP contribution in [-0.4, -0.2) is 66.6 Å². The molecule has 10 heteroatoms. The van der Waals surface area contributed by atoms with Crippen LogP contribution in [0.3, 0.4) is 0 Å². The van der Waals surface area contributed by atoms with E-state index in [1.807, 2.05) is 60.1 Å². The molecule has 1 aliphatic heterocycles. The first-order valence-corrected chi connectivity index (χ1v) is 12.4. The Morgan fingerprint density at radius 3 is 2.59 bits per heavy atom. The van der Waals surface area contributed by atoms with Crippen molar-refractivity contribution in [3.8, 4) is 11.3 Å². The van der Waals surface area contributed by atoms with Gasteiger partial charge in [0.25, 0.3) is 0 Å². The molecule has 0 atom stereocenters. The van der Waals surface area contributed by atoms with E-state index < -0.39 is 10.0 Å². The van der Waals surface area contributed by atoms with Gasteiger partial charge in [-0.1, -0.05) is 12.1 Å². The zero-order chi connectivity index (χ0) is 22.7. The van der Waals surface area contributed by atoms with Gasteiger partial charge in [0.2, 0.25) is 10.0 Å². The number of nitrogens with zero attached hydrogens (tertiary/aromatic N) is 4. The molecule has 0 aliphatic carbocycles. The lowest BCUT2D eigenvalue weighted by atomic mass is 10.1. The minimum absolute atomic E-state index is 0.135. The maximum absolute atomic E-state index is 12.1. The van der Waals surface area contributed by atoms with Gasteiger partial charge in [0.15, 0.2) is 0 Å². The normalized spacial score (nSPS) is 15.1. The Labute approximate surface area is 188 Å². The highest BCUT2D eigenvalue weighted by Crippen LogP contribution is 2.26. The fourth-order valence-corrected chi connectivity index (χ4v) is 4.96. The molecular weight excluding hydrogens is 428 g/mol. The minimum atomic E-state index is -3.14. The predicted molar refractivity (Wildman–Crippen MR) is 127 cm³/mol. The van der Waals surface area contributed by atoms with Crippen molar-refractivity contribution in [2.24, 2.45) is 0 Å². The maximum atomic E-state index is 12.1. The largest absolute Gasteiger partial charge is 0.369 e. The highest BCUT2D eigenvalue weighted by atomic mass is 32.2. The van der Waals surface area contributed by atoms with E-state index in [1.165, 1.54) is 0 Å². The molecule has 0 radical (unpaired) electrons. The molecule has 1 aromatic carbocycles. The third-order valence-electron chi connectivity index (χ3n) is 5.61. The predicted octanol–water partition coefficient (Wildman–Crippen LogP) is 2.61. The third kappa shape index (κ3) is 4.56. The van der Waals surface area contributed by atoms with Crippen LogP contribution in [0.4, 0.5) is 16.2 Å². The number of imidazole rings is 1. The standard InChI is InChI=1S/C22H28N6O3S/c1-3-23-22(29)25-18-7-5-6-17(14-18)20-16-24-21-15-19(8-9-28(20)21)26-10-12-27(13-11-26)32(30,31)4-2/h5-9,14-16H,3-4,10-13H2,1-2H3,(H2,23,25,29). The van der Waals surface area contributed by atoms with E-state index in [1.54, 1.807) is 11.2 Å². The van der Waals surface area contributed by atoms with E-state index in [9.17, 15) is 13.2 Å². The number of carbonyl (C=O) groups excluding carboxylic acids is 1. The number of fused-ring (bicyclic) bond motifs is 1. The molecule has 0 saturated carbocycles. The van der Waals surface area contributed by atoms with E-state index in [0.717, 1.165) is 22.6 Å². The minimum Gasteiger partial charge on any atom is -0.369 e. The molecule has 3 aromatic rings. The van der Waals surface area contributed by atoms with Gasteiger partial charge in [0.1, 0.15) is 5.65 Å². The third-order valence-corrected chi connectivity index (χ3v) is 7.49. The van der Waals surface area contributed by atoms with Crippen LogP contribution in [0.25, 0.3) is 16.9 Å². The molecule has 9 nitrogen and oxygen atoms in total. The number of hydrogen-bond acceptors (Lipinski definition) is 5. The van der Waals surface area contributed by atoms with Gasteiger partial charge < -0.3 is 15.5 Å². The number of aromatic nitrogens is 2. The van der Waals surface area contributed by atoms with E-state index in [2.05, 4.69) is 20.5 Å². The summed E-state index contributed by atoms with van der Waals surface area (Å²) in [5.74, 6) is 0.135. The highest BCUT2D eigenvalue weighted by Gasteiger charge is 2.25. The molecule has 0 spiro atoms. The number of nitrogens with one attached hydrogen (secondary N) is 2. The Morgan fingerprint density at radius 1 is 1.09 bits per heavy atom. The number of amides is 2. The summed E-state index contributed by atoms with van der Waals surface area (Å²) in [4.78, 5) is 18.6. The SMILES string of the molecule is CCNC(=O)Nc1cccc(-c2cnc3cc(N4CCN(S(=O)(=O)CC)CC4)ccn23)c1. The number of anilines is 2. The number of piperazine rings is 1. The van der Waals surface area contributed by atoms with E-state index in [-0.39, 0.29) is 11.8 Å². The second kappa shape index (κ2) is 9.17. The van der Waals surface area contributed by atoms with Crippen LogP contribution < -0.4 is 15.5 Å². The van der Waals surface area contributed by atoms with Crippen molar-refractivity contribution in [3.63, 3.8) is 0 Å². The molecule has 2 amide bonds. The quantitative estimate of drug-likeness (QED) is 0.594. The van der Waals surface area contributed by atoms with Crippen LogP contribution in [0.15, 0.2) is 48.8 Å². The van der Waals surface area contributed by atoms with Crippen LogP contribution in [0.1, 0.15) is 13.8 Å². The number of benzene rings is 1. The molecule has 0 unspecified atom stereocenters. The number of pyridine rings is 1. The molecule has 1 aliphatic rings. The Hall–Kier alpha value is -3.11. The summed E-state index contributed by atoms with van der Waals surface area (Å²) in [6.45, 7) is 6.39. The van der Waals surface area contributed by atoms with Crippen molar-refractivity contribution < 1.29 is 13.2 Å². The molecule has 1 fully saturated rings. The summed E-state index contributed by atoms with van der Waals surface area (Å²) in [5, 5.41) is 5.55. The van der Waals surface area contributed by atoms with Crippen LogP contribution in [0, 0.1) is 0 Å². The molecule has 3 heterocycles. The van der Waals surface area contributed by atoms with Gasteiger partial charge in [-0.15, -0.1) is 0 Å². The summed E-state index contributed by atoms with van der Waals surface area (Å²) in [7, 11) is -3.14. The molecule has 2 aromatic heterocycles. The van der Waals surface area contributed by atoms with Crippen molar-refractivity contribution in [2.45, 2.75) is 13.8 Å². The second-order valence-corrected chi connectivity index (χ2v) is 9.87. The van der Waals surface area contributed by atoms with Gasteiger partial charge in [0.05, 0.1) is 17.6 Å². The zero-order valence-electron chi connectivity index (χ0n) is 18.3. The summed E-state index contributed by atoms with van der Waals surface area (Å²) >= 11 is 0. The number of rotatable bonds is 6. The average molecular weight is 457 g/mol. The molecule has 1 saturated heterocycles.